The predicted molar refractivity (Wildman–Crippen MR) is 79.7 cm³/mol. The van der Waals surface area contributed by atoms with E-state index in [1.165, 1.54) is 0 Å². The fraction of sp³-hybridized carbons (Fsp3) is 0.0667. The fourth-order valence-corrected chi connectivity index (χ4v) is 2.27. The van der Waals surface area contributed by atoms with E-state index in [-0.39, 0.29) is 6.79 Å². The molecule has 21 heavy (non-hydrogen) atoms. The van der Waals surface area contributed by atoms with Crippen molar-refractivity contribution in [2.24, 2.45) is 5.10 Å². The van der Waals surface area contributed by atoms with Gasteiger partial charge in [0.1, 0.15) is 0 Å². The van der Waals surface area contributed by atoms with Crippen molar-refractivity contribution in [3.63, 3.8) is 0 Å². The Morgan fingerprint density at radius 3 is 2.95 bits per heavy atom. The van der Waals surface area contributed by atoms with Crippen molar-refractivity contribution in [2.45, 2.75) is 0 Å². The number of nitrogen functional groups attached to an aromatic ring is 1. The van der Waals surface area contributed by atoms with Crippen LogP contribution in [0.5, 0.6) is 11.5 Å². The fourth-order valence-electron chi connectivity index (χ4n) is 2.27. The van der Waals surface area contributed by atoms with Gasteiger partial charge < -0.3 is 15.2 Å². The van der Waals surface area contributed by atoms with Crippen LogP contribution in [0.3, 0.4) is 0 Å². The molecule has 2 N–H and O–H groups in total. The number of anilines is 1. The van der Waals surface area contributed by atoms with Gasteiger partial charge in [-0.1, -0.05) is 12.1 Å². The van der Waals surface area contributed by atoms with Crippen LogP contribution in [0.15, 0.2) is 47.6 Å². The summed E-state index contributed by atoms with van der Waals surface area (Å²) in [5.74, 6) is 1.83. The van der Waals surface area contributed by atoms with Gasteiger partial charge in [0.15, 0.2) is 11.5 Å². The maximum Gasteiger partial charge on any atom is 0.231 e. The van der Waals surface area contributed by atoms with Gasteiger partial charge in [-0.3, -0.25) is 0 Å². The zero-order chi connectivity index (χ0) is 14.2. The highest BCUT2D eigenvalue weighted by atomic mass is 16.7. The second-order valence-electron chi connectivity index (χ2n) is 4.63. The van der Waals surface area contributed by atoms with E-state index in [9.17, 15) is 0 Å². The lowest BCUT2D eigenvalue weighted by atomic mass is 10.2. The van der Waals surface area contributed by atoms with E-state index in [2.05, 4.69) is 10.1 Å². The number of imidazole rings is 1. The number of hydrogen-bond acceptors (Lipinski definition) is 5. The number of aromatic nitrogens is 2. The maximum atomic E-state index is 5.90. The molecule has 1 aliphatic heterocycles. The number of para-hydroxylation sites is 2. The van der Waals surface area contributed by atoms with Crippen LogP contribution >= 0.6 is 0 Å². The van der Waals surface area contributed by atoms with Gasteiger partial charge in [0.05, 0.1) is 17.2 Å². The molecule has 2 heterocycles. The summed E-state index contributed by atoms with van der Waals surface area (Å²) in [5, 5.41) is 4.40. The lowest BCUT2D eigenvalue weighted by Gasteiger charge is -1.99. The minimum absolute atomic E-state index is 0.259. The normalized spacial score (nSPS) is 13.3. The van der Waals surface area contributed by atoms with Crippen molar-refractivity contribution < 1.29 is 9.47 Å². The van der Waals surface area contributed by atoms with Gasteiger partial charge in [0, 0.05) is 0 Å². The maximum absolute atomic E-state index is 5.90. The number of hydrogen-bond donors (Lipinski definition) is 1. The molecule has 0 amide bonds. The largest absolute Gasteiger partial charge is 0.454 e. The molecule has 1 aromatic heterocycles. The molecular formula is C15H12N4O2. The number of ether oxygens (including phenoxy) is 2. The van der Waals surface area contributed by atoms with Gasteiger partial charge in [-0.05, 0) is 35.9 Å². The second-order valence-corrected chi connectivity index (χ2v) is 4.63. The van der Waals surface area contributed by atoms with Crippen LogP contribution in [-0.4, -0.2) is 22.7 Å². The summed E-state index contributed by atoms with van der Waals surface area (Å²) in [4.78, 5) is 4.27. The topological polar surface area (TPSA) is 74.7 Å². The minimum atomic E-state index is 0.259. The molecule has 6 heteroatoms. The molecule has 0 atom stereocenters. The lowest BCUT2D eigenvalue weighted by molar-refractivity contribution is 0.174. The highest BCUT2D eigenvalue weighted by molar-refractivity contribution is 5.83. The quantitative estimate of drug-likeness (QED) is 0.730. The van der Waals surface area contributed by atoms with Crippen molar-refractivity contribution in [3.05, 3.63) is 48.0 Å². The van der Waals surface area contributed by atoms with Gasteiger partial charge in [-0.15, -0.1) is 0 Å². The lowest BCUT2D eigenvalue weighted by Crippen LogP contribution is -1.98. The number of nitrogens with zero attached hydrogens (tertiary/aromatic N) is 3. The molecule has 104 valence electrons. The van der Waals surface area contributed by atoms with E-state index >= 15 is 0 Å². The Bertz CT molecular complexity index is 854. The molecule has 0 radical (unpaired) electrons. The summed E-state index contributed by atoms with van der Waals surface area (Å²) in [6.45, 7) is 0.259. The smallest absolute Gasteiger partial charge is 0.231 e. The molecule has 0 saturated carbocycles. The van der Waals surface area contributed by atoms with Crippen LogP contribution in [0.4, 0.5) is 5.95 Å². The zero-order valence-electron chi connectivity index (χ0n) is 11.1. The SMILES string of the molecule is Nc1nc2ccccc2n1/N=C\c1ccc2c(c1)OCO2. The second kappa shape index (κ2) is 4.52. The molecule has 2 aromatic carbocycles. The van der Waals surface area contributed by atoms with Gasteiger partial charge in [-0.25, -0.2) is 4.98 Å². The molecule has 3 aromatic rings. The van der Waals surface area contributed by atoms with Crippen LogP contribution in [0, 0.1) is 0 Å². The van der Waals surface area contributed by atoms with Crippen LogP contribution in [-0.2, 0) is 0 Å². The molecule has 6 nitrogen and oxygen atoms in total. The number of rotatable bonds is 2. The van der Waals surface area contributed by atoms with E-state index in [4.69, 9.17) is 15.2 Å². The van der Waals surface area contributed by atoms with Gasteiger partial charge in [-0.2, -0.15) is 9.78 Å². The van der Waals surface area contributed by atoms with Crippen molar-refractivity contribution in [1.82, 2.24) is 9.66 Å². The van der Waals surface area contributed by atoms with Crippen molar-refractivity contribution >= 4 is 23.2 Å². The zero-order valence-corrected chi connectivity index (χ0v) is 11.1. The molecule has 0 fully saturated rings. The number of benzene rings is 2. The Balaban J connectivity index is 1.72. The average molecular weight is 280 g/mol. The Hall–Kier alpha value is -3.02. The molecule has 0 spiro atoms. The van der Waals surface area contributed by atoms with Gasteiger partial charge >= 0.3 is 0 Å². The molecular weight excluding hydrogens is 268 g/mol. The van der Waals surface area contributed by atoms with E-state index < -0.39 is 0 Å². The Morgan fingerprint density at radius 1 is 1.14 bits per heavy atom. The first-order chi connectivity index (χ1) is 10.3. The summed E-state index contributed by atoms with van der Waals surface area (Å²) in [6, 6.07) is 13.3. The monoisotopic (exact) mass is 280 g/mol. The van der Waals surface area contributed by atoms with Crippen LogP contribution < -0.4 is 15.2 Å². The summed E-state index contributed by atoms with van der Waals surface area (Å²) < 4.78 is 12.2. The molecule has 4 rings (SSSR count). The minimum Gasteiger partial charge on any atom is -0.454 e. The number of fused-ring (bicyclic) bond motifs is 2. The number of nitrogens with two attached hydrogens (primary N) is 1. The summed E-state index contributed by atoms with van der Waals surface area (Å²) >= 11 is 0. The Labute approximate surface area is 120 Å². The summed E-state index contributed by atoms with van der Waals surface area (Å²) in [5.41, 5.74) is 8.49. The highest BCUT2D eigenvalue weighted by Crippen LogP contribution is 2.32. The third-order valence-corrected chi connectivity index (χ3v) is 3.28. The summed E-state index contributed by atoms with van der Waals surface area (Å²) in [6.07, 6.45) is 1.71. The Kier molecular flexibility index (Phi) is 2.53. The molecule has 0 saturated heterocycles. The molecule has 0 unspecified atom stereocenters. The first-order valence-corrected chi connectivity index (χ1v) is 6.48. The molecule has 0 aliphatic carbocycles. The Morgan fingerprint density at radius 2 is 2.00 bits per heavy atom. The van der Waals surface area contributed by atoms with Crippen molar-refractivity contribution in [1.29, 1.82) is 0 Å². The van der Waals surface area contributed by atoms with Gasteiger partial charge in [0.2, 0.25) is 12.7 Å². The molecule has 0 bridgehead atoms. The van der Waals surface area contributed by atoms with E-state index in [0.29, 0.717) is 5.95 Å². The third kappa shape index (κ3) is 1.97. The first-order valence-electron chi connectivity index (χ1n) is 6.48. The van der Waals surface area contributed by atoms with Crippen LogP contribution in [0.25, 0.3) is 11.0 Å². The van der Waals surface area contributed by atoms with Gasteiger partial charge in [0.25, 0.3) is 0 Å². The van der Waals surface area contributed by atoms with Crippen LogP contribution in [0.2, 0.25) is 0 Å². The van der Waals surface area contributed by atoms with E-state index in [1.807, 2.05) is 42.5 Å². The van der Waals surface area contributed by atoms with E-state index in [1.54, 1.807) is 10.9 Å². The predicted octanol–water partition coefficient (Wildman–Crippen LogP) is 2.23. The van der Waals surface area contributed by atoms with E-state index in [0.717, 1.165) is 28.1 Å². The molecule has 1 aliphatic rings. The standard InChI is InChI=1S/C15H12N4O2/c16-15-18-11-3-1-2-4-12(11)19(15)17-8-10-5-6-13-14(7-10)21-9-20-13/h1-8H,9H2,(H2,16,18)/b17-8-. The van der Waals surface area contributed by atoms with Crippen LogP contribution in [0.1, 0.15) is 5.56 Å². The summed E-state index contributed by atoms with van der Waals surface area (Å²) in [7, 11) is 0. The average Bonchev–Trinajstić information content (AvgIpc) is 3.08. The third-order valence-electron chi connectivity index (χ3n) is 3.28. The first kappa shape index (κ1) is 11.8. The highest BCUT2D eigenvalue weighted by Gasteiger charge is 2.12. The van der Waals surface area contributed by atoms with Crippen molar-refractivity contribution in [3.8, 4) is 11.5 Å². The van der Waals surface area contributed by atoms with Crippen molar-refractivity contribution in [2.75, 3.05) is 12.5 Å².